The molecule has 0 heterocycles. The number of rotatable bonds is 40. The number of hydrogen-bond acceptors (Lipinski definition) is 0. The topological polar surface area (TPSA) is 0 Å². The van der Waals surface area contributed by atoms with Crippen LogP contribution in [0.4, 0.5) is 0 Å². The molecule has 0 radical (unpaired) electrons. The van der Waals surface area contributed by atoms with Gasteiger partial charge in [0.25, 0.3) is 0 Å². The van der Waals surface area contributed by atoms with Gasteiger partial charge in [0.1, 0.15) is 0 Å². The summed E-state index contributed by atoms with van der Waals surface area (Å²) >= 11 is 8.32. The fourth-order valence-corrected chi connectivity index (χ4v) is 14.8. The molecule has 0 fully saturated rings. The molecule has 0 saturated heterocycles. The Labute approximate surface area is 299 Å². The van der Waals surface area contributed by atoms with E-state index in [1.54, 1.807) is 0 Å². The first-order valence-corrected chi connectivity index (χ1v) is 26.1. The van der Waals surface area contributed by atoms with E-state index in [0.717, 1.165) is 0 Å². The second-order valence-corrected chi connectivity index (χ2v) is 24.3. The zero-order valence-corrected chi connectivity index (χ0v) is 34.8. The van der Waals surface area contributed by atoms with Crippen LogP contribution in [0, 0.1) is 0 Å². The Kier molecular flexibility index (Phi) is 36.1. The van der Waals surface area contributed by atoms with Crippen LogP contribution in [0.1, 0.15) is 259 Å². The number of hydrogen-bond donors (Lipinski definition) is 0. The molecular formula is C44H92ClP. The Balaban J connectivity index is 5.05. The van der Waals surface area contributed by atoms with Crippen molar-refractivity contribution in [3.8, 4) is 0 Å². The van der Waals surface area contributed by atoms with E-state index >= 15 is 0 Å². The van der Waals surface area contributed by atoms with Gasteiger partial charge in [-0.2, -0.15) is 0 Å². The SMILES string of the molecule is CCCCCCCCCCCP(Cl)(CCCCCCCCCCC)(CCCCCCCCCCC)CCCCCCCCCCC. The third-order valence-electron chi connectivity index (χ3n) is 11.3. The quantitative estimate of drug-likeness (QED) is 0.0444. The van der Waals surface area contributed by atoms with Crippen LogP contribution in [-0.4, -0.2) is 24.6 Å². The number of unbranched alkanes of at least 4 members (excludes halogenated alkanes) is 32. The maximum atomic E-state index is 8.32. The molecule has 0 unspecified atom stereocenters. The fourth-order valence-electron chi connectivity index (χ4n) is 7.94. The van der Waals surface area contributed by atoms with Gasteiger partial charge in [-0.1, -0.05) is 0 Å². The van der Waals surface area contributed by atoms with Crippen LogP contribution in [0.5, 0.6) is 0 Å². The molecule has 0 aromatic rings. The monoisotopic (exact) mass is 687 g/mol. The van der Waals surface area contributed by atoms with Crippen LogP contribution in [0.25, 0.3) is 0 Å². The van der Waals surface area contributed by atoms with E-state index < -0.39 is 5.96 Å². The second kappa shape index (κ2) is 35.5. The van der Waals surface area contributed by atoms with Gasteiger partial charge in [0.15, 0.2) is 0 Å². The molecule has 0 aliphatic heterocycles. The molecule has 0 aliphatic rings. The van der Waals surface area contributed by atoms with Crippen molar-refractivity contribution < 1.29 is 0 Å². The summed E-state index contributed by atoms with van der Waals surface area (Å²) in [6.07, 6.45) is 57.3. The molecule has 0 nitrogen and oxygen atoms in total. The molecule has 0 rings (SSSR count). The minimum atomic E-state index is -2.17. The van der Waals surface area contributed by atoms with Gasteiger partial charge in [0.05, 0.1) is 0 Å². The summed E-state index contributed by atoms with van der Waals surface area (Å²) in [7, 11) is 0. The Bertz CT molecular complexity index is 475. The van der Waals surface area contributed by atoms with Crippen LogP contribution >= 0.6 is 17.2 Å². The summed E-state index contributed by atoms with van der Waals surface area (Å²) < 4.78 is 0. The van der Waals surface area contributed by atoms with Crippen molar-refractivity contribution in [2.45, 2.75) is 259 Å². The molecule has 0 bridgehead atoms. The van der Waals surface area contributed by atoms with Crippen LogP contribution < -0.4 is 0 Å². The molecular weight excluding hydrogens is 595 g/mol. The summed E-state index contributed by atoms with van der Waals surface area (Å²) in [6, 6.07) is 0. The van der Waals surface area contributed by atoms with E-state index in [4.69, 9.17) is 11.2 Å². The molecule has 46 heavy (non-hydrogen) atoms. The van der Waals surface area contributed by atoms with Gasteiger partial charge in [0.2, 0.25) is 0 Å². The van der Waals surface area contributed by atoms with Crippen molar-refractivity contribution in [3.05, 3.63) is 0 Å². The first-order valence-electron chi connectivity index (χ1n) is 22.3. The van der Waals surface area contributed by atoms with Gasteiger partial charge in [-0.3, -0.25) is 0 Å². The van der Waals surface area contributed by atoms with Crippen molar-refractivity contribution in [3.63, 3.8) is 0 Å². The van der Waals surface area contributed by atoms with Crippen LogP contribution in [-0.2, 0) is 0 Å². The van der Waals surface area contributed by atoms with Crippen molar-refractivity contribution in [2.24, 2.45) is 0 Å². The average Bonchev–Trinajstić information content (AvgIpc) is 3.05. The summed E-state index contributed by atoms with van der Waals surface area (Å²) in [5, 5.41) is 0. The Morgan fingerprint density at radius 3 is 0.500 bits per heavy atom. The molecule has 0 spiro atoms. The van der Waals surface area contributed by atoms with Gasteiger partial charge >= 0.3 is 301 Å². The molecule has 2 heteroatoms. The average molecular weight is 688 g/mol. The number of halogens is 1. The van der Waals surface area contributed by atoms with E-state index in [0.29, 0.717) is 0 Å². The van der Waals surface area contributed by atoms with Crippen molar-refractivity contribution in [2.75, 3.05) is 24.6 Å². The predicted octanol–water partition coefficient (Wildman–Crippen LogP) is 17.8. The standard InChI is InChI=1S/C44H92ClP/c1-5-9-13-17-21-25-29-33-37-41-46(45,42-38-34-30-26-22-18-14-10-6-2,43-39-35-31-27-23-19-15-11-7-3)44-40-36-32-28-24-20-16-12-8-4/h5-44H2,1-4H3. The predicted molar refractivity (Wildman–Crippen MR) is 221 cm³/mol. The Hall–Kier alpha value is 0.720. The zero-order chi connectivity index (χ0) is 33.7. The molecule has 0 N–H and O–H groups in total. The minimum absolute atomic E-state index is 1.36. The van der Waals surface area contributed by atoms with E-state index in [2.05, 4.69) is 27.7 Å². The maximum absolute atomic E-state index is 8.32. The van der Waals surface area contributed by atoms with E-state index in [1.807, 2.05) is 0 Å². The van der Waals surface area contributed by atoms with Gasteiger partial charge in [-0.25, -0.2) is 0 Å². The first kappa shape index (κ1) is 46.7. The third-order valence-corrected chi connectivity index (χ3v) is 19.0. The van der Waals surface area contributed by atoms with Gasteiger partial charge in [0, 0.05) is 0 Å². The molecule has 0 atom stereocenters. The van der Waals surface area contributed by atoms with Crippen LogP contribution in [0.15, 0.2) is 0 Å². The molecule has 0 aromatic heterocycles. The van der Waals surface area contributed by atoms with Gasteiger partial charge < -0.3 is 0 Å². The third kappa shape index (κ3) is 30.8. The normalized spacial score (nSPS) is 12.9. The van der Waals surface area contributed by atoms with Crippen molar-refractivity contribution >= 4 is 17.2 Å². The summed E-state index contributed by atoms with van der Waals surface area (Å²) in [6.45, 7) is 9.32. The van der Waals surface area contributed by atoms with Crippen molar-refractivity contribution in [1.82, 2.24) is 0 Å². The summed E-state index contributed by atoms with van der Waals surface area (Å²) in [4.78, 5) is 0. The van der Waals surface area contributed by atoms with E-state index in [9.17, 15) is 0 Å². The van der Waals surface area contributed by atoms with Crippen molar-refractivity contribution in [1.29, 1.82) is 0 Å². The summed E-state index contributed by atoms with van der Waals surface area (Å²) in [5.74, 6) is -2.17. The first-order chi connectivity index (χ1) is 22.5. The van der Waals surface area contributed by atoms with Gasteiger partial charge in [-0.15, -0.1) is 0 Å². The Morgan fingerprint density at radius 2 is 0.348 bits per heavy atom. The molecule has 0 aliphatic carbocycles. The zero-order valence-electron chi connectivity index (χ0n) is 33.1. The Morgan fingerprint density at radius 1 is 0.217 bits per heavy atom. The van der Waals surface area contributed by atoms with E-state index in [-0.39, 0.29) is 0 Å². The fraction of sp³-hybridized carbons (Fsp3) is 1.00. The second-order valence-electron chi connectivity index (χ2n) is 16.0. The molecule has 280 valence electrons. The molecule has 0 amide bonds. The summed E-state index contributed by atoms with van der Waals surface area (Å²) in [5.41, 5.74) is 0. The van der Waals surface area contributed by atoms with Crippen LogP contribution in [0.2, 0.25) is 0 Å². The molecule has 0 saturated carbocycles. The van der Waals surface area contributed by atoms with Crippen LogP contribution in [0.3, 0.4) is 0 Å². The van der Waals surface area contributed by atoms with E-state index in [1.165, 1.54) is 256 Å². The molecule has 0 aromatic carbocycles. The van der Waals surface area contributed by atoms with Gasteiger partial charge in [-0.05, 0) is 0 Å².